The van der Waals surface area contributed by atoms with Crippen LogP contribution < -0.4 is 11.3 Å². The zero-order valence-corrected chi connectivity index (χ0v) is 11.7. The van der Waals surface area contributed by atoms with Gasteiger partial charge in [0.2, 0.25) is 0 Å². The molecule has 0 saturated carbocycles. The Morgan fingerprint density at radius 2 is 2.17 bits per heavy atom. The summed E-state index contributed by atoms with van der Waals surface area (Å²) in [6, 6.07) is 2.12. The monoisotopic (exact) mass is 251 g/mol. The standard InChI is InChI=1S/C13H25N5/c1-4-13(2,18-8-5-6-9-18)12(15-14)11-7-10-17(3)16-11/h7,10,12,15H,4-6,8-9,14H2,1-3H3. The van der Waals surface area contributed by atoms with Gasteiger partial charge in [-0.25, -0.2) is 5.43 Å². The molecule has 2 rings (SSSR count). The van der Waals surface area contributed by atoms with Crippen molar-refractivity contribution in [2.24, 2.45) is 12.9 Å². The molecule has 0 spiro atoms. The lowest BCUT2D eigenvalue weighted by molar-refractivity contribution is 0.0820. The van der Waals surface area contributed by atoms with Crippen LogP contribution in [0.2, 0.25) is 0 Å². The summed E-state index contributed by atoms with van der Waals surface area (Å²) in [5.74, 6) is 5.82. The number of hydrogen-bond donors (Lipinski definition) is 2. The Balaban J connectivity index is 2.27. The third kappa shape index (κ3) is 2.30. The highest BCUT2D eigenvalue weighted by molar-refractivity contribution is 5.13. The summed E-state index contributed by atoms with van der Waals surface area (Å²) >= 11 is 0. The predicted octanol–water partition coefficient (Wildman–Crippen LogP) is 1.19. The predicted molar refractivity (Wildman–Crippen MR) is 72.8 cm³/mol. The van der Waals surface area contributed by atoms with E-state index in [9.17, 15) is 0 Å². The molecule has 102 valence electrons. The number of aryl methyl sites for hydroxylation is 1. The van der Waals surface area contributed by atoms with E-state index in [1.807, 2.05) is 17.9 Å². The largest absolute Gasteiger partial charge is 0.296 e. The molecule has 0 bridgehead atoms. The molecule has 0 radical (unpaired) electrons. The van der Waals surface area contributed by atoms with Gasteiger partial charge in [-0.1, -0.05) is 6.92 Å². The maximum absolute atomic E-state index is 5.82. The molecule has 2 atom stereocenters. The van der Waals surface area contributed by atoms with Gasteiger partial charge >= 0.3 is 0 Å². The summed E-state index contributed by atoms with van der Waals surface area (Å²) in [7, 11) is 1.94. The fourth-order valence-corrected chi connectivity index (χ4v) is 3.01. The van der Waals surface area contributed by atoms with Gasteiger partial charge in [0.25, 0.3) is 0 Å². The lowest BCUT2D eigenvalue weighted by Crippen LogP contribution is -2.55. The topological polar surface area (TPSA) is 59.1 Å². The highest BCUT2D eigenvalue weighted by Gasteiger charge is 2.40. The maximum Gasteiger partial charge on any atom is 0.0831 e. The molecule has 18 heavy (non-hydrogen) atoms. The van der Waals surface area contributed by atoms with Gasteiger partial charge in [-0.15, -0.1) is 0 Å². The lowest BCUT2D eigenvalue weighted by Gasteiger charge is -2.43. The molecule has 2 unspecified atom stereocenters. The van der Waals surface area contributed by atoms with E-state index < -0.39 is 0 Å². The van der Waals surface area contributed by atoms with Gasteiger partial charge in [-0.3, -0.25) is 15.4 Å². The van der Waals surface area contributed by atoms with Crippen LogP contribution in [0.25, 0.3) is 0 Å². The first-order valence-electron chi connectivity index (χ1n) is 6.82. The molecule has 1 fully saturated rings. The molecule has 5 heteroatoms. The summed E-state index contributed by atoms with van der Waals surface area (Å²) in [4.78, 5) is 2.55. The molecular formula is C13H25N5. The van der Waals surface area contributed by atoms with Gasteiger partial charge in [0.05, 0.1) is 11.7 Å². The van der Waals surface area contributed by atoms with Gasteiger partial charge in [0, 0.05) is 18.8 Å². The number of rotatable bonds is 5. The van der Waals surface area contributed by atoms with Crippen molar-refractivity contribution in [3.05, 3.63) is 18.0 Å². The first-order chi connectivity index (χ1) is 8.61. The average Bonchev–Trinajstić information content (AvgIpc) is 3.01. The van der Waals surface area contributed by atoms with E-state index in [0.29, 0.717) is 0 Å². The van der Waals surface area contributed by atoms with E-state index in [4.69, 9.17) is 5.84 Å². The van der Waals surface area contributed by atoms with E-state index in [0.717, 1.165) is 25.2 Å². The summed E-state index contributed by atoms with van der Waals surface area (Å²) in [5.41, 5.74) is 4.03. The second kappa shape index (κ2) is 5.38. The summed E-state index contributed by atoms with van der Waals surface area (Å²) in [5, 5.41) is 4.51. The molecule has 0 amide bonds. The molecule has 5 nitrogen and oxygen atoms in total. The van der Waals surface area contributed by atoms with Crippen LogP contribution in [0.4, 0.5) is 0 Å². The minimum Gasteiger partial charge on any atom is -0.296 e. The van der Waals surface area contributed by atoms with E-state index in [1.54, 1.807) is 0 Å². The van der Waals surface area contributed by atoms with Crippen molar-refractivity contribution in [1.29, 1.82) is 0 Å². The molecule has 1 aliphatic heterocycles. The smallest absolute Gasteiger partial charge is 0.0831 e. The molecular weight excluding hydrogens is 226 g/mol. The van der Waals surface area contributed by atoms with Crippen LogP contribution in [0, 0.1) is 0 Å². The van der Waals surface area contributed by atoms with Crippen LogP contribution in [-0.2, 0) is 7.05 Å². The van der Waals surface area contributed by atoms with Crippen LogP contribution in [-0.4, -0.2) is 33.3 Å². The van der Waals surface area contributed by atoms with Gasteiger partial charge in [0.15, 0.2) is 0 Å². The molecule has 0 aliphatic carbocycles. The summed E-state index contributed by atoms with van der Waals surface area (Å²) in [6.45, 7) is 6.84. The minimum absolute atomic E-state index is 0.0274. The van der Waals surface area contributed by atoms with E-state index in [1.165, 1.54) is 12.8 Å². The number of nitrogens with zero attached hydrogens (tertiary/aromatic N) is 3. The van der Waals surface area contributed by atoms with E-state index in [2.05, 4.69) is 35.3 Å². The summed E-state index contributed by atoms with van der Waals surface area (Å²) < 4.78 is 1.83. The lowest BCUT2D eigenvalue weighted by atomic mass is 9.86. The summed E-state index contributed by atoms with van der Waals surface area (Å²) in [6.07, 6.45) is 5.60. The first-order valence-corrected chi connectivity index (χ1v) is 6.82. The Bertz CT molecular complexity index is 382. The SMILES string of the molecule is CCC(C)(C(NN)c1ccn(C)n1)N1CCCC1. The Kier molecular flexibility index (Phi) is 4.04. The van der Waals surface area contributed by atoms with Crippen molar-refractivity contribution in [1.82, 2.24) is 20.1 Å². The molecule has 1 aromatic rings. The number of nitrogens with two attached hydrogens (primary N) is 1. The molecule has 0 aromatic carbocycles. The van der Waals surface area contributed by atoms with E-state index >= 15 is 0 Å². The van der Waals surface area contributed by atoms with Crippen LogP contribution in [0.3, 0.4) is 0 Å². The zero-order chi connectivity index (χ0) is 13.2. The van der Waals surface area contributed by atoms with Gasteiger partial charge < -0.3 is 0 Å². The van der Waals surface area contributed by atoms with Crippen molar-refractivity contribution in [2.75, 3.05) is 13.1 Å². The fraction of sp³-hybridized carbons (Fsp3) is 0.769. The van der Waals surface area contributed by atoms with Crippen molar-refractivity contribution in [3.8, 4) is 0 Å². The number of likely N-dealkylation sites (tertiary alicyclic amines) is 1. The quantitative estimate of drug-likeness (QED) is 0.609. The van der Waals surface area contributed by atoms with Crippen LogP contribution in [0.5, 0.6) is 0 Å². The zero-order valence-electron chi connectivity index (χ0n) is 11.7. The highest BCUT2D eigenvalue weighted by Crippen LogP contribution is 2.35. The number of aromatic nitrogens is 2. The third-order valence-corrected chi connectivity index (χ3v) is 4.36. The third-order valence-electron chi connectivity index (χ3n) is 4.36. The molecule has 1 saturated heterocycles. The Hall–Kier alpha value is -0.910. The van der Waals surface area contributed by atoms with Crippen molar-refractivity contribution < 1.29 is 0 Å². The van der Waals surface area contributed by atoms with Gasteiger partial charge in [0.1, 0.15) is 0 Å². The van der Waals surface area contributed by atoms with Crippen LogP contribution >= 0.6 is 0 Å². The number of nitrogens with one attached hydrogen (secondary N) is 1. The minimum atomic E-state index is 0.0274. The Labute approximate surface area is 109 Å². The van der Waals surface area contributed by atoms with Crippen molar-refractivity contribution in [3.63, 3.8) is 0 Å². The van der Waals surface area contributed by atoms with Crippen LogP contribution in [0.15, 0.2) is 12.3 Å². The molecule has 3 N–H and O–H groups in total. The number of hydrogen-bond acceptors (Lipinski definition) is 4. The fourth-order valence-electron chi connectivity index (χ4n) is 3.01. The Morgan fingerprint density at radius 3 is 2.61 bits per heavy atom. The Morgan fingerprint density at radius 1 is 1.50 bits per heavy atom. The van der Waals surface area contributed by atoms with Crippen molar-refractivity contribution >= 4 is 0 Å². The maximum atomic E-state index is 5.82. The first kappa shape index (κ1) is 13.5. The average molecular weight is 251 g/mol. The van der Waals surface area contributed by atoms with Gasteiger partial charge in [-0.2, -0.15) is 5.10 Å². The van der Waals surface area contributed by atoms with Gasteiger partial charge in [-0.05, 0) is 45.3 Å². The highest BCUT2D eigenvalue weighted by atomic mass is 15.3. The van der Waals surface area contributed by atoms with Crippen molar-refractivity contribution in [2.45, 2.75) is 44.7 Å². The molecule has 2 heterocycles. The normalized spacial score (nSPS) is 22.0. The second-order valence-electron chi connectivity index (χ2n) is 5.42. The van der Waals surface area contributed by atoms with Crippen LogP contribution in [0.1, 0.15) is 44.8 Å². The molecule has 1 aromatic heterocycles. The van der Waals surface area contributed by atoms with E-state index in [-0.39, 0.29) is 11.6 Å². The second-order valence-corrected chi connectivity index (χ2v) is 5.42. The molecule has 1 aliphatic rings. The number of hydrazine groups is 1.